The SMILES string of the molecule is COc1cc(I)c(Br)c2nc(-c3ccc(C(C)C)cc3)n(CCO)c12. The molecule has 25 heavy (non-hydrogen) atoms. The van der Waals surface area contributed by atoms with E-state index in [1.807, 2.05) is 10.6 Å². The number of fused-ring (bicyclic) bond motifs is 1. The first-order chi connectivity index (χ1) is 12.0. The summed E-state index contributed by atoms with van der Waals surface area (Å²) < 4.78 is 9.59. The Morgan fingerprint density at radius 1 is 1.28 bits per heavy atom. The Hall–Kier alpha value is -1.12. The van der Waals surface area contributed by atoms with Gasteiger partial charge in [0.25, 0.3) is 0 Å². The van der Waals surface area contributed by atoms with Gasteiger partial charge in [0.1, 0.15) is 22.6 Å². The van der Waals surface area contributed by atoms with Crippen molar-refractivity contribution in [3.63, 3.8) is 0 Å². The number of hydrogen-bond donors (Lipinski definition) is 1. The van der Waals surface area contributed by atoms with Gasteiger partial charge in [-0.2, -0.15) is 0 Å². The third-order valence-electron chi connectivity index (χ3n) is 4.26. The minimum atomic E-state index is 0.0370. The van der Waals surface area contributed by atoms with Crippen molar-refractivity contribution in [3.8, 4) is 17.1 Å². The summed E-state index contributed by atoms with van der Waals surface area (Å²) in [6, 6.07) is 10.4. The Balaban J connectivity index is 2.27. The largest absolute Gasteiger partial charge is 0.494 e. The molecule has 0 atom stereocenters. The highest BCUT2D eigenvalue weighted by atomic mass is 127. The smallest absolute Gasteiger partial charge is 0.145 e. The number of hydrogen-bond acceptors (Lipinski definition) is 3. The number of rotatable bonds is 5. The van der Waals surface area contributed by atoms with Crippen molar-refractivity contribution in [2.75, 3.05) is 13.7 Å². The zero-order chi connectivity index (χ0) is 18.1. The van der Waals surface area contributed by atoms with E-state index < -0.39 is 0 Å². The fourth-order valence-electron chi connectivity index (χ4n) is 2.93. The lowest BCUT2D eigenvalue weighted by atomic mass is 10.0. The van der Waals surface area contributed by atoms with E-state index in [2.05, 4.69) is 76.6 Å². The summed E-state index contributed by atoms with van der Waals surface area (Å²) in [5.41, 5.74) is 4.06. The number of methoxy groups -OCH3 is 1. The van der Waals surface area contributed by atoms with E-state index in [0.717, 1.165) is 36.2 Å². The number of halogens is 2. The van der Waals surface area contributed by atoms with E-state index in [4.69, 9.17) is 9.72 Å². The van der Waals surface area contributed by atoms with Crippen LogP contribution in [0.4, 0.5) is 0 Å². The van der Waals surface area contributed by atoms with Crippen LogP contribution < -0.4 is 4.74 Å². The van der Waals surface area contributed by atoms with Gasteiger partial charge in [-0.15, -0.1) is 0 Å². The molecule has 1 aromatic heterocycles. The molecular weight excluding hydrogens is 495 g/mol. The van der Waals surface area contributed by atoms with Gasteiger partial charge < -0.3 is 14.4 Å². The molecule has 1 heterocycles. The predicted octanol–water partition coefficient (Wildman–Crippen LogP) is 5.19. The molecule has 0 amide bonds. The Kier molecular flexibility index (Phi) is 5.70. The molecule has 0 aliphatic carbocycles. The third-order valence-corrected chi connectivity index (χ3v) is 6.65. The van der Waals surface area contributed by atoms with Crippen molar-refractivity contribution in [2.24, 2.45) is 0 Å². The molecule has 1 N–H and O–H groups in total. The molecule has 0 saturated heterocycles. The summed E-state index contributed by atoms with van der Waals surface area (Å²) in [6.07, 6.45) is 0. The van der Waals surface area contributed by atoms with Gasteiger partial charge in [0.05, 0.1) is 18.2 Å². The first-order valence-electron chi connectivity index (χ1n) is 8.11. The molecule has 132 valence electrons. The van der Waals surface area contributed by atoms with Gasteiger partial charge >= 0.3 is 0 Å². The summed E-state index contributed by atoms with van der Waals surface area (Å²) in [5, 5.41) is 9.57. The Morgan fingerprint density at radius 2 is 1.96 bits per heavy atom. The molecule has 3 rings (SSSR count). The summed E-state index contributed by atoms with van der Waals surface area (Å²) in [4.78, 5) is 4.87. The topological polar surface area (TPSA) is 47.3 Å². The summed E-state index contributed by atoms with van der Waals surface area (Å²) in [7, 11) is 1.66. The zero-order valence-corrected chi connectivity index (χ0v) is 18.1. The third kappa shape index (κ3) is 3.44. The Morgan fingerprint density at radius 3 is 2.52 bits per heavy atom. The molecular formula is C19H20BrIN2O2. The molecule has 3 aromatic rings. The lowest BCUT2D eigenvalue weighted by molar-refractivity contribution is 0.278. The maximum absolute atomic E-state index is 9.57. The standard InChI is InChI=1S/C19H20BrIN2O2/c1-11(2)12-4-6-13(7-5-12)19-22-17-16(20)14(21)10-15(25-3)18(17)23(19)8-9-24/h4-7,10-11,24H,8-9H2,1-3H3. The van der Waals surface area contributed by atoms with Crippen molar-refractivity contribution < 1.29 is 9.84 Å². The summed E-state index contributed by atoms with van der Waals surface area (Å²) in [6.45, 7) is 4.86. The second kappa shape index (κ2) is 7.63. The second-order valence-corrected chi connectivity index (χ2v) is 8.11. The van der Waals surface area contributed by atoms with Crippen molar-refractivity contribution in [1.29, 1.82) is 0 Å². The number of aromatic nitrogens is 2. The molecule has 0 saturated carbocycles. The molecule has 0 spiro atoms. The van der Waals surface area contributed by atoms with Gasteiger partial charge in [-0.1, -0.05) is 38.1 Å². The van der Waals surface area contributed by atoms with Crippen molar-refractivity contribution in [2.45, 2.75) is 26.3 Å². The fourth-order valence-corrected chi connectivity index (χ4v) is 3.86. The van der Waals surface area contributed by atoms with E-state index in [-0.39, 0.29) is 6.61 Å². The number of aliphatic hydroxyl groups excluding tert-OH is 1. The van der Waals surface area contributed by atoms with Gasteiger partial charge in [-0.05, 0) is 56.1 Å². The normalized spacial score (nSPS) is 11.5. The van der Waals surface area contributed by atoms with E-state index in [1.54, 1.807) is 7.11 Å². The fraction of sp³-hybridized carbons (Fsp3) is 0.316. The summed E-state index contributed by atoms with van der Waals surface area (Å²) in [5.74, 6) is 2.08. The molecule has 4 nitrogen and oxygen atoms in total. The maximum atomic E-state index is 9.57. The second-order valence-electron chi connectivity index (χ2n) is 6.16. The van der Waals surface area contributed by atoms with Crippen LogP contribution in [0.25, 0.3) is 22.4 Å². The average Bonchev–Trinajstić information content (AvgIpc) is 2.98. The average molecular weight is 515 g/mol. The lowest BCUT2D eigenvalue weighted by Crippen LogP contribution is -2.05. The Labute approximate surface area is 169 Å². The lowest BCUT2D eigenvalue weighted by Gasteiger charge is -2.11. The van der Waals surface area contributed by atoms with E-state index >= 15 is 0 Å². The van der Waals surface area contributed by atoms with Crippen molar-refractivity contribution in [3.05, 3.63) is 43.9 Å². The highest BCUT2D eigenvalue weighted by Gasteiger charge is 2.20. The molecule has 0 radical (unpaired) electrons. The maximum Gasteiger partial charge on any atom is 0.145 e. The Bertz CT molecular complexity index is 904. The summed E-state index contributed by atoms with van der Waals surface area (Å²) >= 11 is 5.91. The van der Waals surface area contributed by atoms with Gasteiger partial charge in [0.15, 0.2) is 0 Å². The first-order valence-corrected chi connectivity index (χ1v) is 9.98. The van der Waals surface area contributed by atoms with E-state index in [1.165, 1.54) is 5.56 Å². The highest BCUT2D eigenvalue weighted by Crippen LogP contribution is 2.38. The molecule has 0 unspecified atom stereocenters. The number of imidazole rings is 1. The van der Waals surface area contributed by atoms with Crippen LogP contribution in [0.5, 0.6) is 5.75 Å². The van der Waals surface area contributed by atoms with Gasteiger partial charge in [0, 0.05) is 15.7 Å². The van der Waals surface area contributed by atoms with Crippen molar-refractivity contribution in [1.82, 2.24) is 9.55 Å². The quantitative estimate of drug-likeness (QED) is 0.476. The molecule has 0 fully saturated rings. The number of ether oxygens (including phenoxy) is 1. The number of benzene rings is 2. The van der Waals surface area contributed by atoms with Crippen LogP contribution in [0.1, 0.15) is 25.3 Å². The molecule has 0 bridgehead atoms. The van der Waals surface area contributed by atoms with Crippen LogP contribution in [-0.2, 0) is 6.54 Å². The minimum Gasteiger partial charge on any atom is -0.494 e. The van der Waals surface area contributed by atoms with Crippen LogP contribution in [0.3, 0.4) is 0 Å². The van der Waals surface area contributed by atoms with Crippen LogP contribution >= 0.6 is 38.5 Å². The minimum absolute atomic E-state index is 0.0370. The molecule has 0 aliphatic rings. The predicted molar refractivity (Wildman–Crippen MR) is 113 cm³/mol. The number of nitrogens with zero attached hydrogens (tertiary/aromatic N) is 2. The van der Waals surface area contributed by atoms with Crippen LogP contribution in [0.2, 0.25) is 0 Å². The van der Waals surface area contributed by atoms with Crippen LogP contribution in [0, 0.1) is 3.57 Å². The monoisotopic (exact) mass is 514 g/mol. The van der Waals surface area contributed by atoms with Gasteiger partial charge in [0.2, 0.25) is 0 Å². The van der Waals surface area contributed by atoms with Gasteiger partial charge in [-0.3, -0.25) is 0 Å². The first kappa shape index (κ1) is 18.7. The molecule has 2 aromatic carbocycles. The van der Waals surface area contributed by atoms with E-state index in [0.29, 0.717) is 12.5 Å². The zero-order valence-electron chi connectivity index (χ0n) is 14.4. The van der Waals surface area contributed by atoms with E-state index in [9.17, 15) is 5.11 Å². The van der Waals surface area contributed by atoms with Gasteiger partial charge in [-0.25, -0.2) is 4.98 Å². The highest BCUT2D eigenvalue weighted by molar-refractivity contribution is 14.1. The number of aliphatic hydroxyl groups is 1. The van der Waals surface area contributed by atoms with Crippen molar-refractivity contribution >= 4 is 49.6 Å². The van der Waals surface area contributed by atoms with Crippen LogP contribution in [0.15, 0.2) is 34.8 Å². The molecule has 0 aliphatic heterocycles. The van der Waals surface area contributed by atoms with Crippen LogP contribution in [-0.4, -0.2) is 28.4 Å². The molecule has 6 heteroatoms.